The van der Waals surface area contributed by atoms with Crippen molar-refractivity contribution in [3.05, 3.63) is 28.8 Å². The quantitative estimate of drug-likeness (QED) is 0.892. The molecule has 0 atom stereocenters. The molecule has 0 unspecified atom stereocenters. The number of hydrogen-bond acceptors (Lipinski definition) is 2. The molecule has 1 aromatic rings. The van der Waals surface area contributed by atoms with Gasteiger partial charge >= 0.3 is 5.97 Å². The zero-order valence-electron chi connectivity index (χ0n) is 10.7. The Hall–Kier alpha value is -1.51. The maximum atomic E-state index is 11.5. The highest BCUT2D eigenvalue weighted by Gasteiger charge is 2.53. The second-order valence-corrected chi connectivity index (χ2v) is 5.42. The summed E-state index contributed by atoms with van der Waals surface area (Å²) in [6, 6.07) is 4.15. The summed E-state index contributed by atoms with van der Waals surface area (Å²) >= 11 is 0. The van der Waals surface area contributed by atoms with Crippen molar-refractivity contribution in [1.82, 2.24) is 0 Å². The first-order chi connectivity index (χ1) is 8.67. The van der Waals surface area contributed by atoms with Gasteiger partial charge in [-0.05, 0) is 55.7 Å². The molecule has 0 aromatic heterocycles. The number of rotatable bonds is 3. The van der Waals surface area contributed by atoms with Crippen LogP contribution in [0.4, 0.5) is 0 Å². The molecule has 0 spiro atoms. The summed E-state index contributed by atoms with van der Waals surface area (Å²) in [6.07, 6.45) is 6.06. The average Bonchev–Trinajstić information content (AvgIpc) is 3.18. The minimum absolute atomic E-state index is 0.669. The van der Waals surface area contributed by atoms with Crippen LogP contribution in [0, 0.1) is 0 Å². The number of ether oxygens (including phenoxy) is 1. The lowest BCUT2D eigenvalue weighted by Gasteiger charge is -2.22. The molecule has 18 heavy (non-hydrogen) atoms. The Labute approximate surface area is 107 Å². The first kappa shape index (κ1) is 11.6. The summed E-state index contributed by atoms with van der Waals surface area (Å²) in [6.45, 7) is 0. The number of carboxylic acids is 1. The molecule has 0 aliphatic heterocycles. The predicted molar refractivity (Wildman–Crippen MR) is 68.2 cm³/mol. The van der Waals surface area contributed by atoms with Crippen molar-refractivity contribution < 1.29 is 14.6 Å². The number of carboxylic acid groups (broad SMARTS) is 1. The molecule has 96 valence electrons. The number of aliphatic carboxylic acids is 1. The van der Waals surface area contributed by atoms with Gasteiger partial charge in [0.2, 0.25) is 0 Å². The number of carbonyl (C=O) groups is 1. The molecule has 2 aliphatic carbocycles. The molecule has 1 saturated carbocycles. The molecule has 0 heterocycles. The Bertz CT molecular complexity index is 501. The van der Waals surface area contributed by atoms with E-state index in [1.54, 1.807) is 7.11 Å². The summed E-state index contributed by atoms with van der Waals surface area (Å²) in [5.74, 6) is 0.0482. The van der Waals surface area contributed by atoms with Crippen LogP contribution in [0.15, 0.2) is 12.1 Å². The molecule has 0 radical (unpaired) electrons. The normalized spacial score (nSPS) is 20.1. The van der Waals surface area contributed by atoms with Gasteiger partial charge in [-0.3, -0.25) is 4.79 Å². The van der Waals surface area contributed by atoms with Crippen LogP contribution in [-0.4, -0.2) is 18.2 Å². The summed E-state index contributed by atoms with van der Waals surface area (Å²) in [4.78, 5) is 11.5. The third-order valence-electron chi connectivity index (χ3n) is 4.34. The van der Waals surface area contributed by atoms with E-state index in [1.165, 1.54) is 24.0 Å². The molecular formula is C15H18O3. The monoisotopic (exact) mass is 246 g/mol. The first-order valence-corrected chi connectivity index (χ1v) is 6.61. The number of hydrogen-bond donors (Lipinski definition) is 1. The number of benzene rings is 1. The number of fused-ring (bicyclic) bond motifs is 1. The molecule has 3 heteroatoms. The molecule has 1 N–H and O–H groups in total. The van der Waals surface area contributed by atoms with Crippen LogP contribution < -0.4 is 4.74 Å². The van der Waals surface area contributed by atoms with Gasteiger partial charge in [0.25, 0.3) is 0 Å². The number of aryl methyl sites for hydroxylation is 2. The van der Waals surface area contributed by atoms with Crippen molar-refractivity contribution in [2.75, 3.05) is 7.11 Å². The van der Waals surface area contributed by atoms with Gasteiger partial charge in [0.1, 0.15) is 5.75 Å². The average molecular weight is 246 g/mol. The van der Waals surface area contributed by atoms with E-state index in [0.29, 0.717) is 0 Å². The van der Waals surface area contributed by atoms with Crippen molar-refractivity contribution in [3.63, 3.8) is 0 Å². The van der Waals surface area contributed by atoms with Crippen molar-refractivity contribution in [1.29, 1.82) is 0 Å². The van der Waals surface area contributed by atoms with Crippen molar-refractivity contribution in [3.8, 4) is 5.75 Å². The van der Waals surface area contributed by atoms with Crippen LogP contribution in [0.3, 0.4) is 0 Å². The molecule has 0 bridgehead atoms. The van der Waals surface area contributed by atoms with Crippen LogP contribution in [0.2, 0.25) is 0 Å². The van der Waals surface area contributed by atoms with E-state index < -0.39 is 11.4 Å². The summed E-state index contributed by atoms with van der Waals surface area (Å²) in [5, 5.41) is 9.43. The SMILES string of the molecule is COc1cc2c(cc1C1(C(=O)O)CC1)CCCC2. The zero-order chi connectivity index (χ0) is 12.8. The van der Waals surface area contributed by atoms with Crippen molar-refractivity contribution in [2.45, 2.75) is 43.9 Å². The lowest BCUT2D eigenvalue weighted by Crippen LogP contribution is -2.21. The van der Waals surface area contributed by atoms with Crippen LogP contribution in [0.1, 0.15) is 42.4 Å². The molecule has 2 aliphatic rings. The van der Waals surface area contributed by atoms with Crippen LogP contribution in [-0.2, 0) is 23.1 Å². The highest BCUT2D eigenvalue weighted by atomic mass is 16.5. The van der Waals surface area contributed by atoms with E-state index in [0.717, 1.165) is 37.0 Å². The molecule has 0 amide bonds. The Kier molecular flexibility index (Phi) is 2.58. The van der Waals surface area contributed by atoms with Gasteiger partial charge in [0.05, 0.1) is 12.5 Å². The van der Waals surface area contributed by atoms with E-state index in [2.05, 4.69) is 12.1 Å². The number of methoxy groups -OCH3 is 1. The molecular weight excluding hydrogens is 228 g/mol. The summed E-state index contributed by atoms with van der Waals surface area (Å²) in [7, 11) is 1.63. The van der Waals surface area contributed by atoms with E-state index in [-0.39, 0.29) is 0 Å². The topological polar surface area (TPSA) is 46.5 Å². The van der Waals surface area contributed by atoms with E-state index >= 15 is 0 Å². The Morgan fingerprint density at radius 1 is 1.22 bits per heavy atom. The smallest absolute Gasteiger partial charge is 0.314 e. The largest absolute Gasteiger partial charge is 0.496 e. The summed E-state index contributed by atoms with van der Waals surface area (Å²) in [5.41, 5.74) is 2.88. The fraction of sp³-hybridized carbons (Fsp3) is 0.533. The minimum Gasteiger partial charge on any atom is -0.496 e. The van der Waals surface area contributed by atoms with Crippen LogP contribution >= 0.6 is 0 Å². The van der Waals surface area contributed by atoms with Gasteiger partial charge in [-0.2, -0.15) is 0 Å². The lowest BCUT2D eigenvalue weighted by molar-refractivity contribution is -0.140. The van der Waals surface area contributed by atoms with E-state index in [1.807, 2.05) is 0 Å². The molecule has 3 rings (SSSR count). The van der Waals surface area contributed by atoms with Gasteiger partial charge in [-0.15, -0.1) is 0 Å². The highest BCUT2D eigenvalue weighted by molar-refractivity contribution is 5.86. The fourth-order valence-electron chi connectivity index (χ4n) is 3.03. The highest BCUT2D eigenvalue weighted by Crippen LogP contribution is 2.52. The minimum atomic E-state index is -0.712. The van der Waals surface area contributed by atoms with E-state index in [9.17, 15) is 9.90 Å². The van der Waals surface area contributed by atoms with Crippen LogP contribution in [0.25, 0.3) is 0 Å². The zero-order valence-corrected chi connectivity index (χ0v) is 10.7. The van der Waals surface area contributed by atoms with Gasteiger partial charge in [-0.1, -0.05) is 6.07 Å². The van der Waals surface area contributed by atoms with Crippen molar-refractivity contribution in [2.24, 2.45) is 0 Å². The Morgan fingerprint density at radius 2 is 1.83 bits per heavy atom. The second-order valence-electron chi connectivity index (χ2n) is 5.42. The standard InChI is InChI=1S/C15H18O3/c1-18-13-9-11-5-3-2-4-10(11)8-12(13)15(6-7-15)14(16)17/h8-9H,2-7H2,1H3,(H,16,17). The van der Waals surface area contributed by atoms with Gasteiger partial charge in [-0.25, -0.2) is 0 Å². The van der Waals surface area contributed by atoms with Crippen molar-refractivity contribution >= 4 is 5.97 Å². The third kappa shape index (κ3) is 1.61. The summed E-state index contributed by atoms with van der Waals surface area (Å²) < 4.78 is 5.42. The first-order valence-electron chi connectivity index (χ1n) is 6.61. The van der Waals surface area contributed by atoms with Gasteiger partial charge in [0.15, 0.2) is 0 Å². The molecule has 1 fully saturated rings. The maximum Gasteiger partial charge on any atom is 0.314 e. The Morgan fingerprint density at radius 3 is 2.33 bits per heavy atom. The molecule has 0 saturated heterocycles. The molecule has 1 aromatic carbocycles. The third-order valence-corrected chi connectivity index (χ3v) is 4.34. The van der Waals surface area contributed by atoms with Gasteiger partial charge in [0, 0.05) is 5.56 Å². The predicted octanol–water partition coefficient (Wildman–Crippen LogP) is 2.69. The van der Waals surface area contributed by atoms with Gasteiger partial charge < -0.3 is 9.84 Å². The fourth-order valence-corrected chi connectivity index (χ4v) is 3.03. The Balaban J connectivity index is 2.11. The molecule has 3 nitrogen and oxygen atoms in total. The second kappa shape index (κ2) is 4.01. The lowest BCUT2D eigenvalue weighted by atomic mass is 9.85. The van der Waals surface area contributed by atoms with E-state index in [4.69, 9.17) is 4.74 Å². The van der Waals surface area contributed by atoms with Crippen LogP contribution in [0.5, 0.6) is 5.75 Å². The maximum absolute atomic E-state index is 11.5.